The third-order valence-electron chi connectivity index (χ3n) is 6.95. The number of hydrogen-bond donors (Lipinski definition) is 0. The molecule has 3 aromatic rings. The van der Waals surface area contributed by atoms with Crippen molar-refractivity contribution >= 4 is 33.6 Å². The molecule has 4 heterocycles. The number of allylic oxidation sites excluding steroid dienone is 2. The molecule has 0 amide bonds. The van der Waals surface area contributed by atoms with Crippen LogP contribution < -0.4 is 11.1 Å². The van der Waals surface area contributed by atoms with Crippen molar-refractivity contribution in [3.8, 4) is 0 Å². The number of unbranched alkanes of at least 4 members (excludes halogenated alkanes) is 1. The molecule has 0 saturated carbocycles. The van der Waals surface area contributed by atoms with Crippen molar-refractivity contribution < 1.29 is 0 Å². The summed E-state index contributed by atoms with van der Waals surface area (Å²) in [6.07, 6.45) is 8.62. The van der Waals surface area contributed by atoms with Gasteiger partial charge < -0.3 is 4.57 Å². The Kier molecular flexibility index (Phi) is 4.80. The molecular formula is C24H27IN4O2. The zero-order chi connectivity index (χ0) is 22.0. The van der Waals surface area contributed by atoms with Gasteiger partial charge in [-0.2, -0.15) is 0 Å². The molecule has 1 aliphatic carbocycles. The van der Waals surface area contributed by atoms with Crippen molar-refractivity contribution in [2.45, 2.75) is 70.5 Å². The third kappa shape index (κ3) is 3.07. The van der Waals surface area contributed by atoms with E-state index >= 15 is 0 Å². The molecule has 0 fully saturated rings. The first-order valence-electron chi connectivity index (χ1n) is 11.0. The van der Waals surface area contributed by atoms with Crippen molar-refractivity contribution in [1.29, 1.82) is 0 Å². The van der Waals surface area contributed by atoms with Gasteiger partial charge in [0.15, 0.2) is 5.52 Å². The average Bonchev–Trinajstić information content (AvgIpc) is 3.11. The van der Waals surface area contributed by atoms with E-state index in [2.05, 4.69) is 65.9 Å². The van der Waals surface area contributed by atoms with Gasteiger partial charge >= 0.3 is 0 Å². The molecule has 2 aromatic heterocycles. The Morgan fingerprint density at radius 2 is 1.61 bits per heavy atom. The Hall–Kier alpha value is -2.16. The Morgan fingerprint density at radius 1 is 1.00 bits per heavy atom. The number of rotatable bonds is 5. The van der Waals surface area contributed by atoms with Crippen LogP contribution >= 0.6 is 22.6 Å². The Bertz CT molecular complexity index is 1330. The summed E-state index contributed by atoms with van der Waals surface area (Å²) in [5, 5.41) is 0. The number of imidazole rings is 1. The van der Waals surface area contributed by atoms with Crippen LogP contribution in [0, 0.1) is 3.57 Å². The number of hydrogen-bond acceptors (Lipinski definition) is 3. The van der Waals surface area contributed by atoms with Gasteiger partial charge in [0.1, 0.15) is 11.3 Å². The molecule has 2 aliphatic heterocycles. The second-order valence-corrected chi connectivity index (χ2v) is 10.6. The van der Waals surface area contributed by atoms with Crippen LogP contribution in [-0.4, -0.2) is 18.9 Å². The Morgan fingerprint density at radius 3 is 2.19 bits per heavy atom. The number of nitrogens with zero attached hydrogens (tertiary/aromatic N) is 4. The summed E-state index contributed by atoms with van der Waals surface area (Å²) in [6.45, 7) is 6.75. The number of aryl methyl sites for hydroxylation is 1. The normalized spacial score (nSPS) is 24.1. The number of fused-ring (bicyclic) bond motifs is 2. The van der Waals surface area contributed by atoms with Crippen LogP contribution in [0.15, 0.2) is 46.0 Å². The second-order valence-electron chi connectivity index (χ2n) is 9.32. The van der Waals surface area contributed by atoms with E-state index in [4.69, 9.17) is 4.98 Å². The molecule has 1 aromatic carbocycles. The maximum Gasteiger partial charge on any atom is 0.294 e. The molecular weight excluding hydrogens is 503 g/mol. The van der Waals surface area contributed by atoms with Crippen LogP contribution in [0.1, 0.15) is 57.8 Å². The van der Waals surface area contributed by atoms with E-state index in [9.17, 15) is 9.59 Å². The number of benzene rings is 1. The quantitative estimate of drug-likeness (QED) is 0.368. The van der Waals surface area contributed by atoms with Crippen LogP contribution in [0.2, 0.25) is 0 Å². The summed E-state index contributed by atoms with van der Waals surface area (Å²) in [5.74, 6) is 0.823. The molecule has 6 nitrogen and oxygen atoms in total. The predicted molar refractivity (Wildman–Crippen MR) is 131 cm³/mol. The fourth-order valence-electron chi connectivity index (χ4n) is 5.02. The molecule has 0 N–H and O–H groups in total. The SMILES string of the molecule is CCCCc1nc2c(=O)n3n(c(=O)c2n1Cc1ccc(I)cc1)C1(C)C=CC3(C)CC1. The zero-order valence-electron chi connectivity index (χ0n) is 18.2. The lowest BCUT2D eigenvalue weighted by Crippen LogP contribution is -2.60. The molecule has 162 valence electrons. The van der Waals surface area contributed by atoms with Gasteiger partial charge in [0.05, 0.1) is 11.1 Å². The molecule has 2 atom stereocenters. The molecule has 2 bridgehead atoms. The van der Waals surface area contributed by atoms with Gasteiger partial charge in [-0.05, 0) is 73.4 Å². The molecule has 6 rings (SSSR count). The van der Waals surface area contributed by atoms with Crippen LogP contribution in [0.5, 0.6) is 0 Å². The van der Waals surface area contributed by atoms with E-state index in [1.165, 1.54) is 3.57 Å². The first-order chi connectivity index (χ1) is 14.8. The van der Waals surface area contributed by atoms with Crippen LogP contribution in [0.25, 0.3) is 11.0 Å². The fraction of sp³-hybridized carbons (Fsp3) is 0.458. The van der Waals surface area contributed by atoms with Crippen molar-refractivity contribution in [3.05, 3.63) is 72.1 Å². The summed E-state index contributed by atoms with van der Waals surface area (Å²) in [4.78, 5) is 32.4. The third-order valence-corrected chi connectivity index (χ3v) is 7.67. The number of halogens is 1. The first-order valence-corrected chi connectivity index (χ1v) is 12.1. The van der Waals surface area contributed by atoms with Gasteiger partial charge in [-0.25, -0.2) is 14.3 Å². The van der Waals surface area contributed by atoms with Crippen LogP contribution in [0.3, 0.4) is 0 Å². The van der Waals surface area contributed by atoms with E-state index in [-0.39, 0.29) is 11.1 Å². The molecule has 0 spiro atoms. The molecule has 7 heteroatoms. The van der Waals surface area contributed by atoms with E-state index < -0.39 is 11.1 Å². The maximum absolute atomic E-state index is 13.9. The average molecular weight is 530 g/mol. The fourth-order valence-corrected chi connectivity index (χ4v) is 5.38. The highest BCUT2D eigenvalue weighted by Gasteiger charge is 2.46. The summed E-state index contributed by atoms with van der Waals surface area (Å²) in [6, 6.07) is 8.28. The smallest absolute Gasteiger partial charge is 0.294 e. The molecule has 2 unspecified atom stereocenters. The maximum atomic E-state index is 13.9. The molecule has 0 radical (unpaired) electrons. The molecule has 3 aliphatic rings. The van der Waals surface area contributed by atoms with Crippen molar-refractivity contribution in [3.63, 3.8) is 0 Å². The topological polar surface area (TPSA) is 61.8 Å². The Labute approximate surface area is 194 Å². The monoisotopic (exact) mass is 530 g/mol. The highest BCUT2D eigenvalue weighted by Crippen LogP contribution is 2.42. The minimum Gasteiger partial charge on any atom is -0.319 e. The zero-order valence-corrected chi connectivity index (χ0v) is 20.3. The van der Waals surface area contributed by atoms with Crippen LogP contribution in [0.4, 0.5) is 0 Å². The van der Waals surface area contributed by atoms with Gasteiger partial charge in [-0.1, -0.05) is 37.6 Å². The van der Waals surface area contributed by atoms with Gasteiger partial charge in [-0.3, -0.25) is 9.59 Å². The largest absolute Gasteiger partial charge is 0.319 e. The van der Waals surface area contributed by atoms with E-state index in [0.29, 0.717) is 17.6 Å². The molecule has 0 saturated heterocycles. The minimum absolute atomic E-state index is 0.117. The lowest BCUT2D eigenvalue weighted by molar-refractivity contribution is 0.105. The minimum atomic E-state index is -0.482. The highest BCUT2D eigenvalue weighted by atomic mass is 127. The summed E-state index contributed by atoms with van der Waals surface area (Å²) < 4.78 is 6.53. The van der Waals surface area contributed by atoms with Gasteiger partial charge in [0, 0.05) is 16.5 Å². The lowest BCUT2D eigenvalue weighted by Gasteiger charge is -2.48. The lowest BCUT2D eigenvalue weighted by atomic mass is 9.77. The van der Waals surface area contributed by atoms with E-state index in [1.54, 1.807) is 9.36 Å². The predicted octanol–water partition coefficient (Wildman–Crippen LogP) is 4.15. The highest BCUT2D eigenvalue weighted by molar-refractivity contribution is 14.1. The van der Waals surface area contributed by atoms with Crippen molar-refractivity contribution in [2.24, 2.45) is 0 Å². The standard InChI is InChI=1S/C24H27IN4O2/c1-4-5-6-18-26-19-20(27(18)15-16-7-9-17(25)10-8-16)22(31)29-24(3)13-11-23(2,12-14-24)28(29)21(19)30/h7-11,13H,4-6,12,14-15H2,1-3H3. The Balaban J connectivity index is 1.81. The van der Waals surface area contributed by atoms with E-state index in [0.717, 1.165) is 43.5 Å². The summed E-state index contributed by atoms with van der Waals surface area (Å²) in [7, 11) is 0. The van der Waals surface area contributed by atoms with Gasteiger partial charge in [-0.15, -0.1) is 0 Å². The first kappa shape index (κ1) is 20.7. The summed E-state index contributed by atoms with van der Waals surface area (Å²) >= 11 is 2.29. The van der Waals surface area contributed by atoms with E-state index in [1.807, 2.05) is 18.4 Å². The van der Waals surface area contributed by atoms with Gasteiger partial charge in [0.2, 0.25) is 0 Å². The summed E-state index contributed by atoms with van der Waals surface area (Å²) in [5.41, 5.74) is 0.606. The van der Waals surface area contributed by atoms with Crippen molar-refractivity contribution in [2.75, 3.05) is 0 Å². The van der Waals surface area contributed by atoms with Gasteiger partial charge in [0.25, 0.3) is 11.1 Å². The van der Waals surface area contributed by atoms with Crippen LogP contribution in [-0.2, 0) is 24.0 Å². The number of aromatic nitrogens is 4. The second kappa shape index (κ2) is 7.18. The molecule has 31 heavy (non-hydrogen) atoms. The van der Waals surface area contributed by atoms with Crippen molar-refractivity contribution in [1.82, 2.24) is 18.9 Å².